The summed E-state index contributed by atoms with van der Waals surface area (Å²) >= 11 is 0. The Kier molecular flexibility index (Phi) is 6.99. The maximum Gasteiger partial charge on any atom is 0.311 e. The summed E-state index contributed by atoms with van der Waals surface area (Å²) in [7, 11) is 0. The van der Waals surface area contributed by atoms with Crippen molar-refractivity contribution in [3.8, 4) is 0 Å². The molecule has 0 saturated heterocycles. The van der Waals surface area contributed by atoms with Gasteiger partial charge in [-0.25, -0.2) is 0 Å². The second kappa shape index (κ2) is 8.31. The Bertz CT molecular complexity index is 587. The Balaban J connectivity index is 2.79. The van der Waals surface area contributed by atoms with Crippen molar-refractivity contribution in [3.05, 3.63) is 17.0 Å². The molecule has 1 heterocycles. The van der Waals surface area contributed by atoms with Crippen LogP contribution in [0.25, 0.3) is 0 Å². The monoisotopic (exact) mass is 337 g/mol. The van der Waals surface area contributed by atoms with Crippen LogP contribution in [-0.4, -0.2) is 33.3 Å². The topological polar surface area (TPSA) is 84.2 Å². The quantitative estimate of drug-likeness (QED) is 0.725. The fourth-order valence-corrected chi connectivity index (χ4v) is 2.88. The van der Waals surface area contributed by atoms with Crippen LogP contribution in [-0.2, 0) is 22.6 Å². The third kappa shape index (κ3) is 4.58. The number of carboxylic acids is 1. The number of carboxylic acid groups (broad SMARTS) is 1. The number of aromatic nitrogens is 2. The van der Waals surface area contributed by atoms with Gasteiger partial charge in [0.1, 0.15) is 0 Å². The lowest BCUT2D eigenvalue weighted by atomic mass is 9.82. The van der Waals surface area contributed by atoms with E-state index >= 15 is 0 Å². The molecule has 0 aliphatic heterocycles. The van der Waals surface area contributed by atoms with Gasteiger partial charge in [0.25, 0.3) is 0 Å². The van der Waals surface area contributed by atoms with Gasteiger partial charge in [-0.2, -0.15) is 5.10 Å². The highest BCUT2D eigenvalue weighted by Gasteiger charge is 2.35. The summed E-state index contributed by atoms with van der Waals surface area (Å²) in [5.74, 6) is -0.530. The second-order valence-electron chi connectivity index (χ2n) is 6.97. The minimum Gasteiger partial charge on any atom is -0.481 e. The van der Waals surface area contributed by atoms with Crippen molar-refractivity contribution < 1.29 is 14.7 Å². The number of nitrogens with zero attached hydrogens (tertiary/aromatic N) is 2. The molecule has 1 aromatic rings. The van der Waals surface area contributed by atoms with Gasteiger partial charge in [-0.1, -0.05) is 27.7 Å². The van der Waals surface area contributed by atoms with Crippen LogP contribution in [0.1, 0.15) is 57.5 Å². The van der Waals surface area contributed by atoms with Crippen LogP contribution in [0, 0.1) is 25.2 Å². The average molecular weight is 337 g/mol. The average Bonchev–Trinajstić information content (AvgIpc) is 2.75. The van der Waals surface area contributed by atoms with Crippen LogP contribution >= 0.6 is 0 Å². The summed E-state index contributed by atoms with van der Waals surface area (Å²) in [6.45, 7) is 12.8. The molecule has 0 radical (unpaired) electrons. The lowest BCUT2D eigenvalue weighted by molar-refractivity contribution is -0.149. The molecule has 0 bridgehead atoms. The van der Waals surface area contributed by atoms with Gasteiger partial charge >= 0.3 is 5.97 Å². The van der Waals surface area contributed by atoms with E-state index in [0.717, 1.165) is 23.5 Å². The van der Waals surface area contributed by atoms with Crippen molar-refractivity contribution in [1.82, 2.24) is 15.1 Å². The summed E-state index contributed by atoms with van der Waals surface area (Å²) in [6.07, 6.45) is 1.21. The van der Waals surface area contributed by atoms with Gasteiger partial charge in [-0.05, 0) is 32.6 Å². The van der Waals surface area contributed by atoms with Gasteiger partial charge in [-0.15, -0.1) is 0 Å². The number of amides is 1. The molecule has 24 heavy (non-hydrogen) atoms. The van der Waals surface area contributed by atoms with Crippen LogP contribution in [0.5, 0.6) is 0 Å². The van der Waals surface area contributed by atoms with E-state index in [1.54, 1.807) is 0 Å². The van der Waals surface area contributed by atoms with Crippen LogP contribution in [0.15, 0.2) is 0 Å². The summed E-state index contributed by atoms with van der Waals surface area (Å²) in [6, 6.07) is 0. The van der Waals surface area contributed by atoms with Gasteiger partial charge < -0.3 is 10.4 Å². The van der Waals surface area contributed by atoms with Crippen molar-refractivity contribution in [1.29, 1.82) is 0 Å². The predicted octanol–water partition coefficient (Wildman–Crippen LogP) is 2.71. The van der Waals surface area contributed by atoms with E-state index in [1.165, 1.54) is 0 Å². The van der Waals surface area contributed by atoms with Crippen LogP contribution in [0.2, 0.25) is 0 Å². The number of hydrogen-bond acceptors (Lipinski definition) is 3. The van der Waals surface area contributed by atoms with Gasteiger partial charge in [-0.3, -0.25) is 14.3 Å². The number of hydrogen-bond donors (Lipinski definition) is 2. The number of aliphatic carboxylic acids is 1. The molecule has 0 aliphatic rings. The molecular weight excluding hydrogens is 306 g/mol. The molecule has 0 fully saturated rings. The first kappa shape index (κ1) is 20.2. The minimum atomic E-state index is -0.887. The van der Waals surface area contributed by atoms with Gasteiger partial charge in [0.05, 0.1) is 17.5 Å². The molecular formula is C18H31N3O3. The van der Waals surface area contributed by atoms with Crippen molar-refractivity contribution >= 4 is 11.9 Å². The summed E-state index contributed by atoms with van der Waals surface area (Å²) in [4.78, 5) is 23.8. The molecule has 0 saturated carbocycles. The highest BCUT2D eigenvalue weighted by Crippen LogP contribution is 2.25. The molecule has 1 rings (SSSR count). The number of nitrogens with one attached hydrogen (secondary N) is 1. The first-order chi connectivity index (χ1) is 11.2. The standard InChI is InChI=1S/C18H31N3O3/c1-7-18(8-2,17(23)24)11-19-16(22)9-15-13(5)20-21(14(15)6)10-12(3)4/h12H,7-11H2,1-6H3,(H,19,22)(H,23,24). The Morgan fingerprint density at radius 2 is 1.83 bits per heavy atom. The van der Waals surface area contributed by atoms with E-state index in [4.69, 9.17) is 0 Å². The van der Waals surface area contributed by atoms with Crippen LogP contribution < -0.4 is 5.32 Å². The van der Waals surface area contributed by atoms with Crippen LogP contribution in [0.4, 0.5) is 0 Å². The zero-order valence-electron chi connectivity index (χ0n) is 15.8. The fourth-order valence-electron chi connectivity index (χ4n) is 2.88. The highest BCUT2D eigenvalue weighted by atomic mass is 16.4. The van der Waals surface area contributed by atoms with Crippen molar-refractivity contribution in [2.45, 2.75) is 67.3 Å². The summed E-state index contributed by atoms with van der Waals surface area (Å²) in [5.41, 5.74) is 1.91. The summed E-state index contributed by atoms with van der Waals surface area (Å²) in [5, 5.41) is 16.8. The molecule has 0 atom stereocenters. The van der Waals surface area contributed by atoms with Gasteiger partial charge in [0.2, 0.25) is 5.91 Å². The highest BCUT2D eigenvalue weighted by molar-refractivity contribution is 5.81. The first-order valence-electron chi connectivity index (χ1n) is 8.69. The molecule has 2 N–H and O–H groups in total. The Hall–Kier alpha value is -1.85. The molecule has 6 heteroatoms. The second-order valence-corrected chi connectivity index (χ2v) is 6.97. The Labute approximate surface area is 144 Å². The van der Waals surface area contributed by atoms with Gasteiger partial charge in [0.15, 0.2) is 0 Å². The van der Waals surface area contributed by atoms with Crippen LogP contribution in [0.3, 0.4) is 0 Å². The molecule has 6 nitrogen and oxygen atoms in total. The SMILES string of the molecule is CCC(CC)(CNC(=O)Cc1c(C)nn(CC(C)C)c1C)C(=O)O. The van der Waals surface area contributed by atoms with E-state index in [2.05, 4.69) is 24.3 Å². The maximum atomic E-state index is 12.3. The van der Waals surface area contributed by atoms with E-state index < -0.39 is 11.4 Å². The molecule has 0 aliphatic carbocycles. The normalized spacial score (nSPS) is 11.8. The molecule has 0 unspecified atom stereocenters. The molecule has 1 amide bonds. The number of carbonyl (C=O) groups excluding carboxylic acids is 1. The zero-order chi connectivity index (χ0) is 18.5. The largest absolute Gasteiger partial charge is 0.481 e. The minimum absolute atomic E-state index is 0.155. The van der Waals surface area contributed by atoms with E-state index in [-0.39, 0.29) is 18.9 Å². The predicted molar refractivity (Wildman–Crippen MR) is 93.9 cm³/mol. The number of aryl methyl sites for hydroxylation is 1. The van der Waals surface area contributed by atoms with Gasteiger partial charge in [0, 0.05) is 24.3 Å². The Morgan fingerprint density at radius 1 is 1.25 bits per heavy atom. The molecule has 136 valence electrons. The first-order valence-corrected chi connectivity index (χ1v) is 8.69. The molecule has 0 aromatic carbocycles. The Morgan fingerprint density at radius 3 is 2.29 bits per heavy atom. The van der Waals surface area contributed by atoms with E-state index in [9.17, 15) is 14.7 Å². The van der Waals surface area contributed by atoms with E-state index in [0.29, 0.717) is 18.8 Å². The zero-order valence-corrected chi connectivity index (χ0v) is 15.8. The lowest BCUT2D eigenvalue weighted by Crippen LogP contribution is -2.42. The fraction of sp³-hybridized carbons (Fsp3) is 0.722. The number of carbonyl (C=O) groups is 2. The maximum absolute atomic E-state index is 12.3. The summed E-state index contributed by atoms with van der Waals surface area (Å²) < 4.78 is 1.95. The third-order valence-electron chi connectivity index (χ3n) is 4.84. The van der Waals surface area contributed by atoms with E-state index in [1.807, 2.05) is 32.4 Å². The smallest absolute Gasteiger partial charge is 0.311 e. The van der Waals surface area contributed by atoms with Crippen molar-refractivity contribution in [2.75, 3.05) is 6.54 Å². The van der Waals surface area contributed by atoms with Crippen molar-refractivity contribution in [2.24, 2.45) is 11.3 Å². The number of rotatable bonds is 9. The van der Waals surface area contributed by atoms with Crippen molar-refractivity contribution in [3.63, 3.8) is 0 Å². The molecule has 1 aromatic heterocycles. The lowest BCUT2D eigenvalue weighted by Gasteiger charge is -2.26. The molecule has 0 spiro atoms. The third-order valence-corrected chi connectivity index (χ3v) is 4.84.